The number of ether oxygens (including phenoxy) is 2. The Morgan fingerprint density at radius 3 is 2.61 bits per heavy atom. The number of carbonyl (C=O) groups excluding carboxylic acids is 1. The molecule has 0 spiro atoms. The lowest BCUT2D eigenvalue weighted by Gasteiger charge is -2.28. The second kappa shape index (κ2) is 8.90. The lowest BCUT2D eigenvalue weighted by Crippen LogP contribution is -2.42. The van der Waals surface area contributed by atoms with Crippen LogP contribution in [0.1, 0.15) is 16.8 Å². The van der Waals surface area contributed by atoms with E-state index in [1.807, 2.05) is 36.4 Å². The van der Waals surface area contributed by atoms with Gasteiger partial charge in [-0.2, -0.15) is 0 Å². The molecule has 28 heavy (non-hydrogen) atoms. The molecule has 0 radical (unpaired) electrons. The van der Waals surface area contributed by atoms with Gasteiger partial charge in [-0.15, -0.1) is 0 Å². The first-order valence-corrected chi connectivity index (χ1v) is 10.1. The Morgan fingerprint density at radius 1 is 1.07 bits per heavy atom. The largest absolute Gasteiger partial charge is 0.496 e. The smallest absolute Gasteiger partial charge is 0.252 e. The van der Waals surface area contributed by atoms with E-state index in [9.17, 15) is 4.79 Å². The van der Waals surface area contributed by atoms with Gasteiger partial charge in [0.1, 0.15) is 5.75 Å². The number of methoxy groups -OCH3 is 1. The number of likely N-dealkylation sites (tertiary alicyclic amines) is 1. The molecule has 2 saturated heterocycles. The summed E-state index contributed by atoms with van der Waals surface area (Å²) in [6.07, 6.45) is 1.00. The molecule has 2 heterocycles. The highest BCUT2D eigenvalue weighted by Crippen LogP contribution is 2.28. The molecule has 4 rings (SSSR count). The van der Waals surface area contributed by atoms with Crippen LogP contribution in [0, 0.1) is 0 Å². The van der Waals surface area contributed by atoms with Crippen molar-refractivity contribution in [3.05, 3.63) is 42.0 Å². The van der Waals surface area contributed by atoms with Gasteiger partial charge in [-0.3, -0.25) is 14.6 Å². The number of amides is 1. The number of morpholine rings is 1. The van der Waals surface area contributed by atoms with Crippen LogP contribution in [-0.2, 0) is 4.74 Å². The van der Waals surface area contributed by atoms with Crippen molar-refractivity contribution in [3.63, 3.8) is 0 Å². The highest BCUT2D eigenvalue weighted by molar-refractivity contribution is 6.08. The summed E-state index contributed by atoms with van der Waals surface area (Å²) >= 11 is 0. The normalized spacial score (nSPS) is 21.1. The van der Waals surface area contributed by atoms with Gasteiger partial charge < -0.3 is 14.8 Å². The molecule has 1 N–H and O–H groups in total. The molecule has 150 valence electrons. The van der Waals surface area contributed by atoms with Gasteiger partial charge >= 0.3 is 0 Å². The lowest BCUT2D eigenvalue weighted by atomic mass is 10.0. The maximum absolute atomic E-state index is 12.9. The number of hydrogen-bond acceptors (Lipinski definition) is 5. The van der Waals surface area contributed by atoms with Crippen molar-refractivity contribution in [2.45, 2.75) is 12.5 Å². The average molecular weight is 383 g/mol. The minimum atomic E-state index is -0.00103. The minimum Gasteiger partial charge on any atom is -0.496 e. The summed E-state index contributed by atoms with van der Waals surface area (Å²) in [4.78, 5) is 17.8. The van der Waals surface area contributed by atoms with Crippen molar-refractivity contribution in [3.8, 4) is 5.75 Å². The first kappa shape index (κ1) is 19.2. The van der Waals surface area contributed by atoms with Crippen molar-refractivity contribution < 1.29 is 14.3 Å². The van der Waals surface area contributed by atoms with Crippen LogP contribution >= 0.6 is 0 Å². The molecule has 1 amide bonds. The molecule has 1 unspecified atom stereocenters. The van der Waals surface area contributed by atoms with E-state index < -0.39 is 0 Å². The second-order valence-electron chi connectivity index (χ2n) is 7.57. The van der Waals surface area contributed by atoms with E-state index in [1.165, 1.54) is 0 Å². The van der Waals surface area contributed by atoms with Gasteiger partial charge in [0.15, 0.2) is 0 Å². The molecular formula is C22H29N3O3. The zero-order chi connectivity index (χ0) is 19.3. The summed E-state index contributed by atoms with van der Waals surface area (Å²) in [5.74, 6) is 0.793. The van der Waals surface area contributed by atoms with Crippen molar-refractivity contribution in [2.75, 3.05) is 59.6 Å². The van der Waals surface area contributed by atoms with Crippen LogP contribution < -0.4 is 10.1 Å². The van der Waals surface area contributed by atoms with Crippen molar-refractivity contribution in [1.82, 2.24) is 15.1 Å². The number of nitrogens with zero attached hydrogens (tertiary/aromatic N) is 2. The number of fused-ring (bicyclic) bond motifs is 1. The zero-order valence-corrected chi connectivity index (χ0v) is 16.5. The summed E-state index contributed by atoms with van der Waals surface area (Å²) in [5, 5.41) is 5.14. The molecule has 2 aliphatic heterocycles. The zero-order valence-electron chi connectivity index (χ0n) is 16.5. The number of benzene rings is 2. The van der Waals surface area contributed by atoms with Crippen molar-refractivity contribution >= 4 is 16.7 Å². The number of carbonyl (C=O) groups is 1. The average Bonchev–Trinajstić information content (AvgIpc) is 3.19. The van der Waals surface area contributed by atoms with Gasteiger partial charge in [-0.05, 0) is 23.9 Å². The predicted octanol–water partition coefficient (Wildman–Crippen LogP) is 1.98. The lowest BCUT2D eigenvalue weighted by molar-refractivity contribution is 0.0343. The Hall–Kier alpha value is -2.15. The van der Waals surface area contributed by atoms with Gasteiger partial charge in [-0.25, -0.2) is 0 Å². The molecule has 6 heteroatoms. The summed E-state index contributed by atoms with van der Waals surface area (Å²) in [5.41, 5.74) is 0.711. The maximum Gasteiger partial charge on any atom is 0.252 e. The number of nitrogens with one attached hydrogen (secondary N) is 1. The van der Waals surface area contributed by atoms with Gasteiger partial charge in [0, 0.05) is 56.3 Å². The van der Waals surface area contributed by atoms with Crippen LogP contribution in [0.5, 0.6) is 5.75 Å². The fourth-order valence-corrected chi connectivity index (χ4v) is 4.17. The van der Waals surface area contributed by atoms with Crippen LogP contribution in [0.15, 0.2) is 36.4 Å². The molecule has 0 aromatic heterocycles. The molecule has 6 nitrogen and oxygen atoms in total. The topological polar surface area (TPSA) is 54.0 Å². The summed E-state index contributed by atoms with van der Waals surface area (Å²) in [6.45, 7) is 7.83. The van der Waals surface area contributed by atoms with Gasteiger partial charge in [0.2, 0.25) is 0 Å². The first-order valence-electron chi connectivity index (χ1n) is 10.1. The standard InChI is InChI=1S/C22H29N3O3/c1-27-21-7-6-20(18-4-2-3-5-19(18)21)22(26)23-17-8-9-25(16-17)11-10-24-12-14-28-15-13-24/h2-7,17H,8-16H2,1H3,(H,23,26). The first-order chi connectivity index (χ1) is 13.7. The molecule has 0 bridgehead atoms. The van der Waals surface area contributed by atoms with Crippen LogP contribution in [-0.4, -0.2) is 81.3 Å². The molecule has 0 aliphatic carbocycles. The summed E-state index contributed by atoms with van der Waals surface area (Å²) in [7, 11) is 1.66. The number of rotatable bonds is 6. The molecule has 2 aromatic rings. The Kier molecular flexibility index (Phi) is 6.10. The predicted molar refractivity (Wildman–Crippen MR) is 110 cm³/mol. The highest BCUT2D eigenvalue weighted by Gasteiger charge is 2.25. The fraction of sp³-hybridized carbons (Fsp3) is 0.500. The van der Waals surface area contributed by atoms with E-state index in [4.69, 9.17) is 9.47 Å². The third-order valence-electron chi connectivity index (χ3n) is 5.79. The molecular weight excluding hydrogens is 354 g/mol. The number of hydrogen-bond donors (Lipinski definition) is 1. The van der Waals surface area contributed by atoms with E-state index >= 15 is 0 Å². The van der Waals surface area contributed by atoms with Crippen LogP contribution in [0.3, 0.4) is 0 Å². The van der Waals surface area contributed by atoms with Crippen LogP contribution in [0.25, 0.3) is 10.8 Å². The van der Waals surface area contributed by atoms with Crippen molar-refractivity contribution in [2.24, 2.45) is 0 Å². The van der Waals surface area contributed by atoms with E-state index in [2.05, 4.69) is 15.1 Å². The maximum atomic E-state index is 12.9. The highest BCUT2D eigenvalue weighted by atomic mass is 16.5. The van der Waals surface area contributed by atoms with Gasteiger partial charge in [0.05, 0.1) is 20.3 Å². The second-order valence-corrected chi connectivity index (χ2v) is 7.57. The molecule has 2 aromatic carbocycles. The van der Waals surface area contributed by atoms with E-state index in [-0.39, 0.29) is 11.9 Å². The molecule has 2 aliphatic rings. The Labute approximate surface area is 166 Å². The fourth-order valence-electron chi connectivity index (χ4n) is 4.17. The van der Waals surface area contributed by atoms with E-state index in [1.54, 1.807) is 7.11 Å². The van der Waals surface area contributed by atoms with Gasteiger partial charge in [-0.1, -0.05) is 24.3 Å². The Balaban J connectivity index is 1.35. The third-order valence-corrected chi connectivity index (χ3v) is 5.79. The summed E-state index contributed by atoms with van der Waals surface area (Å²) in [6, 6.07) is 11.8. The third kappa shape index (κ3) is 4.29. The minimum absolute atomic E-state index is 0.00103. The van der Waals surface area contributed by atoms with E-state index in [0.717, 1.165) is 75.4 Å². The molecule has 0 saturated carbocycles. The Bertz CT molecular complexity index is 820. The van der Waals surface area contributed by atoms with Crippen LogP contribution in [0.4, 0.5) is 0 Å². The monoisotopic (exact) mass is 383 g/mol. The van der Waals surface area contributed by atoms with Crippen LogP contribution in [0.2, 0.25) is 0 Å². The quantitative estimate of drug-likeness (QED) is 0.827. The van der Waals surface area contributed by atoms with E-state index in [0.29, 0.717) is 5.56 Å². The van der Waals surface area contributed by atoms with Gasteiger partial charge in [0.25, 0.3) is 5.91 Å². The summed E-state index contributed by atoms with van der Waals surface area (Å²) < 4.78 is 10.8. The molecule has 2 fully saturated rings. The molecule has 1 atom stereocenters. The Morgan fingerprint density at radius 2 is 1.82 bits per heavy atom. The SMILES string of the molecule is COc1ccc(C(=O)NC2CCN(CCN3CCOCC3)C2)c2ccccc12. The van der Waals surface area contributed by atoms with Crippen molar-refractivity contribution in [1.29, 1.82) is 0 Å².